The zero-order valence-corrected chi connectivity index (χ0v) is 9.78. The van der Waals surface area contributed by atoms with Gasteiger partial charge in [0.2, 0.25) is 0 Å². The van der Waals surface area contributed by atoms with Crippen LogP contribution in [0.5, 0.6) is 17.2 Å². The highest BCUT2D eigenvalue weighted by Crippen LogP contribution is 2.32. The molecule has 0 radical (unpaired) electrons. The molecule has 16 heavy (non-hydrogen) atoms. The van der Waals surface area contributed by atoms with Crippen LogP contribution in [0.1, 0.15) is 23.7 Å². The minimum Gasteiger partial charge on any atom is -0.496 e. The molecular formula is C12H16O4. The van der Waals surface area contributed by atoms with E-state index < -0.39 is 0 Å². The fourth-order valence-corrected chi connectivity index (χ4v) is 1.33. The SMILES string of the molecule is CCCOc1cc(OC)c(C=O)c(OC)c1. The number of rotatable bonds is 6. The lowest BCUT2D eigenvalue weighted by molar-refractivity contribution is 0.111. The van der Waals surface area contributed by atoms with Crippen LogP contribution in [0, 0.1) is 0 Å². The minimum atomic E-state index is 0.397. The molecule has 0 aromatic heterocycles. The van der Waals surface area contributed by atoms with Crippen LogP contribution < -0.4 is 14.2 Å². The molecule has 0 heterocycles. The Hall–Kier alpha value is -1.71. The number of hydrogen-bond donors (Lipinski definition) is 0. The van der Waals surface area contributed by atoms with Gasteiger partial charge in [0.1, 0.15) is 17.2 Å². The smallest absolute Gasteiger partial charge is 0.157 e. The molecule has 0 saturated carbocycles. The van der Waals surface area contributed by atoms with E-state index in [0.717, 1.165) is 6.42 Å². The summed E-state index contributed by atoms with van der Waals surface area (Å²) in [6.07, 6.45) is 1.63. The minimum absolute atomic E-state index is 0.397. The average Bonchev–Trinajstić information content (AvgIpc) is 2.34. The first-order valence-electron chi connectivity index (χ1n) is 5.10. The van der Waals surface area contributed by atoms with Gasteiger partial charge in [-0.1, -0.05) is 6.92 Å². The number of methoxy groups -OCH3 is 2. The topological polar surface area (TPSA) is 44.8 Å². The average molecular weight is 224 g/mol. The van der Waals surface area contributed by atoms with E-state index in [1.54, 1.807) is 12.1 Å². The third kappa shape index (κ3) is 2.66. The van der Waals surface area contributed by atoms with Gasteiger partial charge in [-0.25, -0.2) is 0 Å². The van der Waals surface area contributed by atoms with Crippen LogP contribution >= 0.6 is 0 Å². The summed E-state index contributed by atoms with van der Waals surface area (Å²) in [6.45, 7) is 2.64. The molecule has 1 rings (SSSR count). The number of carbonyl (C=O) groups is 1. The number of carbonyl (C=O) groups excluding carboxylic acids is 1. The Kier molecular flexibility index (Phi) is 4.64. The van der Waals surface area contributed by atoms with Gasteiger partial charge in [-0.3, -0.25) is 4.79 Å². The summed E-state index contributed by atoms with van der Waals surface area (Å²) < 4.78 is 15.7. The molecule has 4 heteroatoms. The maximum absolute atomic E-state index is 10.9. The van der Waals surface area contributed by atoms with E-state index in [0.29, 0.717) is 35.7 Å². The summed E-state index contributed by atoms with van der Waals surface area (Å²) in [6, 6.07) is 3.36. The van der Waals surface area contributed by atoms with Crippen molar-refractivity contribution in [2.24, 2.45) is 0 Å². The fourth-order valence-electron chi connectivity index (χ4n) is 1.33. The van der Waals surface area contributed by atoms with Crippen LogP contribution in [0.2, 0.25) is 0 Å². The molecule has 1 aromatic carbocycles. The van der Waals surface area contributed by atoms with Crippen LogP contribution in [0.25, 0.3) is 0 Å². The zero-order chi connectivity index (χ0) is 12.0. The van der Waals surface area contributed by atoms with Crippen LogP contribution in [0.15, 0.2) is 12.1 Å². The van der Waals surface area contributed by atoms with Crippen molar-refractivity contribution >= 4 is 6.29 Å². The third-order valence-electron chi connectivity index (χ3n) is 2.11. The monoisotopic (exact) mass is 224 g/mol. The Labute approximate surface area is 95.1 Å². The van der Waals surface area contributed by atoms with Gasteiger partial charge in [0.25, 0.3) is 0 Å². The molecule has 0 spiro atoms. The lowest BCUT2D eigenvalue weighted by atomic mass is 10.2. The maximum atomic E-state index is 10.9. The zero-order valence-electron chi connectivity index (χ0n) is 9.78. The molecule has 0 amide bonds. The van der Waals surface area contributed by atoms with Crippen LogP contribution in [0.4, 0.5) is 0 Å². The molecule has 0 atom stereocenters. The van der Waals surface area contributed by atoms with Crippen LogP contribution in [0.3, 0.4) is 0 Å². The van der Waals surface area contributed by atoms with Crippen molar-refractivity contribution in [1.29, 1.82) is 0 Å². The fraction of sp³-hybridized carbons (Fsp3) is 0.417. The van der Waals surface area contributed by atoms with Gasteiger partial charge in [0.05, 0.1) is 26.4 Å². The standard InChI is InChI=1S/C12H16O4/c1-4-5-16-9-6-11(14-2)10(8-13)12(7-9)15-3/h6-8H,4-5H2,1-3H3. The Bertz CT molecular complexity index is 335. The highest BCUT2D eigenvalue weighted by Gasteiger charge is 2.12. The summed E-state index contributed by atoms with van der Waals surface area (Å²) >= 11 is 0. The second-order valence-corrected chi connectivity index (χ2v) is 3.21. The van der Waals surface area contributed by atoms with Gasteiger partial charge in [0, 0.05) is 12.1 Å². The molecule has 0 aliphatic heterocycles. The van der Waals surface area contributed by atoms with Gasteiger partial charge in [-0.2, -0.15) is 0 Å². The van der Waals surface area contributed by atoms with E-state index in [1.165, 1.54) is 14.2 Å². The van der Waals surface area contributed by atoms with Crippen LogP contribution in [-0.2, 0) is 0 Å². The highest BCUT2D eigenvalue weighted by molar-refractivity contribution is 5.84. The first-order chi connectivity index (χ1) is 7.76. The van der Waals surface area contributed by atoms with Crippen molar-refractivity contribution in [2.75, 3.05) is 20.8 Å². The van der Waals surface area contributed by atoms with Crippen molar-refractivity contribution in [1.82, 2.24) is 0 Å². The van der Waals surface area contributed by atoms with Crippen LogP contribution in [-0.4, -0.2) is 27.1 Å². The van der Waals surface area contributed by atoms with E-state index in [2.05, 4.69) is 0 Å². The van der Waals surface area contributed by atoms with Crippen molar-refractivity contribution in [3.8, 4) is 17.2 Å². The number of aldehydes is 1. The Morgan fingerprint density at radius 1 is 1.19 bits per heavy atom. The molecule has 0 fully saturated rings. The second kappa shape index (κ2) is 6.00. The summed E-state index contributed by atoms with van der Waals surface area (Å²) in [4.78, 5) is 10.9. The lowest BCUT2D eigenvalue weighted by Crippen LogP contribution is -2.00. The van der Waals surface area contributed by atoms with E-state index in [4.69, 9.17) is 14.2 Å². The predicted molar refractivity (Wildman–Crippen MR) is 60.7 cm³/mol. The van der Waals surface area contributed by atoms with E-state index in [9.17, 15) is 4.79 Å². The second-order valence-electron chi connectivity index (χ2n) is 3.21. The Morgan fingerprint density at radius 2 is 1.75 bits per heavy atom. The summed E-state index contributed by atoms with van der Waals surface area (Å²) in [5, 5.41) is 0. The maximum Gasteiger partial charge on any atom is 0.157 e. The van der Waals surface area contributed by atoms with Gasteiger partial charge in [-0.05, 0) is 6.42 Å². The summed E-state index contributed by atoms with van der Waals surface area (Å²) in [5.74, 6) is 1.56. The number of hydrogen-bond acceptors (Lipinski definition) is 4. The molecule has 88 valence electrons. The molecule has 0 bridgehead atoms. The van der Waals surface area contributed by atoms with E-state index >= 15 is 0 Å². The quantitative estimate of drug-likeness (QED) is 0.695. The molecule has 4 nitrogen and oxygen atoms in total. The molecule has 0 unspecified atom stereocenters. The first-order valence-corrected chi connectivity index (χ1v) is 5.10. The first kappa shape index (κ1) is 12.4. The van der Waals surface area contributed by atoms with Crippen molar-refractivity contribution in [3.63, 3.8) is 0 Å². The molecule has 0 aliphatic carbocycles. The number of benzene rings is 1. The molecule has 0 aliphatic rings. The summed E-state index contributed by atoms with van der Waals surface area (Å²) in [7, 11) is 3.01. The highest BCUT2D eigenvalue weighted by atomic mass is 16.5. The predicted octanol–water partition coefficient (Wildman–Crippen LogP) is 2.31. The van der Waals surface area contributed by atoms with Gasteiger partial charge in [-0.15, -0.1) is 0 Å². The number of ether oxygens (including phenoxy) is 3. The Balaban J connectivity index is 3.10. The third-order valence-corrected chi connectivity index (χ3v) is 2.11. The molecule has 0 N–H and O–H groups in total. The van der Waals surface area contributed by atoms with Crippen molar-refractivity contribution in [2.45, 2.75) is 13.3 Å². The van der Waals surface area contributed by atoms with E-state index in [-0.39, 0.29) is 0 Å². The van der Waals surface area contributed by atoms with Gasteiger partial charge < -0.3 is 14.2 Å². The van der Waals surface area contributed by atoms with E-state index in [1.807, 2.05) is 6.92 Å². The molecular weight excluding hydrogens is 208 g/mol. The molecule has 1 aromatic rings. The normalized spacial score (nSPS) is 9.69. The molecule has 0 saturated heterocycles. The van der Waals surface area contributed by atoms with Gasteiger partial charge in [0.15, 0.2) is 6.29 Å². The largest absolute Gasteiger partial charge is 0.496 e. The Morgan fingerprint density at radius 3 is 2.12 bits per heavy atom. The van der Waals surface area contributed by atoms with Crippen molar-refractivity contribution < 1.29 is 19.0 Å². The summed E-state index contributed by atoms with van der Waals surface area (Å²) in [5.41, 5.74) is 0.397. The van der Waals surface area contributed by atoms with Crippen molar-refractivity contribution in [3.05, 3.63) is 17.7 Å². The van der Waals surface area contributed by atoms with Gasteiger partial charge >= 0.3 is 0 Å². The lowest BCUT2D eigenvalue weighted by Gasteiger charge is -2.12.